The predicted molar refractivity (Wildman–Crippen MR) is 74.8 cm³/mol. The van der Waals surface area contributed by atoms with Gasteiger partial charge in [0, 0.05) is 30.9 Å². The monoisotopic (exact) mass is 269 g/mol. The van der Waals surface area contributed by atoms with Crippen molar-refractivity contribution in [3.05, 3.63) is 29.6 Å². The van der Waals surface area contributed by atoms with Gasteiger partial charge in [0.15, 0.2) is 0 Å². The molecule has 0 saturated heterocycles. The average molecular weight is 269 g/mol. The van der Waals surface area contributed by atoms with Crippen molar-refractivity contribution in [2.45, 2.75) is 33.2 Å². The van der Waals surface area contributed by atoms with Gasteiger partial charge in [-0.1, -0.05) is 19.9 Å². The molecule has 1 aromatic carbocycles. The fraction of sp³-hybridized carbons (Fsp3) is 0.600. The SMILES string of the molecule is CC(C)COCCCNC(C)c1ccc(O)cc1F. The van der Waals surface area contributed by atoms with E-state index < -0.39 is 0 Å². The van der Waals surface area contributed by atoms with Crippen LogP contribution in [-0.2, 0) is 4.74 Å². The zero-order valence-corrected chi connectivity index (χ0v) is 11.9. The third kappa shape index (κ3) is 6.03. The van der Waals surface area contributed by atoms with Crippen LogP contribution in [0.5, 0.6) is 5.75 Å². The number of phenols is 1. The van der Waals surface area contributed by atoms with E-state index in [1.54, 1.807) is 6.07 Å². The molecule has 1 aromatic rings. The van der Waals surface area contributed by atoms with E-state index in [9.17, 15) is 4.39 Å². The molecule has 108 valence electrons. The third-order valence-corrected chi connectivity index (χ3v) is 2.82. The predicted octanol–water partition coefficient (Wildman–Crippen LogP) is 3.24. The molecule has 1 rings (SSSR count). The minimum absolute atomic E-state index is 0.0458. The van der Waals surface area contributed by atoms with Crippen molar-refractivity contribution in [2.24, 2.45) is 5.92 Å². The van der Waals surface area contributed by atoms with Gasteiger partial charge in [0.2, 0.25) is 0 Å². The largest absolute Gasteiger partial charge is 0.508 e. The van der Waals surface area contributed by atoms with E-state index in [0.29, 0.717) is 11.5 Å². The highest BCUT2D eigenvalue weighted by Crippen LogP contribution is 2.20. The van der Waals surface area contributed by atoms with Crippen LogP contribution >= 0.6 is 0 Å². The van der Waals surface area contributed by atoms with Gasteiger partial charge >= 0.3 is 0 Å². The molecule has 3 nitrogen and oxygen atoms in total. The molecule has 0 heterocycles. The summed E-state index contributed by atoms with van der Waals surface area (Å²) in [5, 5.41) is 12.4. The Morgan fingerprint density at radius 2 is 2.05 bits per heavy atom. The molecule has 0 radical (unpaired) electrons. The third-order valence-electron chi connectivity index (χ3n) is 2.82. The van der Waals surface area contributed by atoms with E-state index in [1.807, 2.05) is 6.92 Å². The van der Waals surface area contributed by atoms with Crippen molar-refractivity contribution in [1.29, 1.82) is 0 Å². The number of rotatable bonds is 8. The summed E-state index contributed by atoms with van der Waals surface area (Å²) < 4.78 is 19.1. The molecule has 0 aliphatic rings. The summed E-state index contributed by atoms with van der Waals surface area (Å²) in [4.78, 5) is 0. The summed E-state index contributed by atoms with van der Waals surface area (Å²) in [6.07, 6.45) is 0.900. The van der Waals surface area contributed by atoms with Crippen LogP contribution in [-0.4, -0.2) is 24.9 Å². The van der Waals surface area contributed by atoms with E-state index in [-0.39, 0.29) is 17.6 Å². The Kier molecular flexibility index (Phi) is 6.81. The van der Waals surface area contributed by atoms with Crippen molar-refractivity contribution in [3.8, 4) is 5.75 Å². The van der Waals surface area contributed by atoms with Gasteiger partial charge in [0.1, 0.15) is 11.6 Å². The lowest BCUT2D eigenvalue weighted by Gasteiger charge is -2.15. The highest BCUT2D eigenvalue weighted by atomic mass is 19.1. The minimum Gasteiger partial charge on any atom is -0.508 e. The Labute approximate surface area is 114 Å². The number of ether oxygens (including phenoxy) is 1. The number of hydrogen-bond acceptors (Lipinski definition) is 3. The molecule has 1 unspecified atom stereocenters. The topological polar surface area (TPSA) is 41.5 Å². The maximum absolute atomic E-state index is 13.6. The molecular formula is C15H24FNO2. The summed E-state index contributed by atoms with van der Waals surface area (Å²) >= 11 is 0. The molecule has 0 bridgehead atoms. The van der Waals surface area contributed by atoms with Crippen molar-refractivity contribution in [3.63, 3.8) is 0 Å². The summed E-state index contributed by atoms with van der Waals surface area (Å²) in [6, 6.07) is 4.17. The number of halogens is 1. The van der Waals surface area contributed by atoms with Gasteiger partial charge in [-0.15, -0.1) is 0 Å². The Hall–Kier alpha value is -1.13. The van der Waals surface area contributed by atoms with Crippen LogP contribution in [0.4, 0.5) is 4.39 Å². The lowest BCUT2D eigenvalue weighted by atomic mass is 10.1. The molecule has 19 heavy (non-hydrogen) atoms. The van der Waals surface area contributed by atoms with Gasteiger partial charge in [-0.3, -0.25) is 0 Å². The van der Waals surface area contributed by atoms with Crippen molar-refractivity contribution in [1.82, 2.24) is 5.32 Å². The maximum Gasteiger partial charge on any atom is 0.131 e. The summed E-state index contributed by atoms with van der Waals surface area (Å²) in [5.41, 5.74) is 0.570. The fourth-order valence-electron chi connectivity index (χ4n) is 1.79. The van der Waals surface area contributed by atoms with E-state index >= 15 is 0 Å². The van der Waals surface area contributed by atoms with Gasteiger partial charge in [-0.25, -0.2) is 4.39 Å². The van der Waals surface area contributed by atoms with Gasteiger partial charge in [0.25, 0.3) is 0 Å². The second-order valence-corrected chi connectivity index (χ2v) is 5.20. The van der Waals surface area contributed by atoms with Gasteiger partial charge < -0.3 is 15.2 Å². The Balaban J connectivity index is 2.25. The number of phenolic OH excluding ortho intramolecular Hbond substituents is 1. The fourth-order valence-corrected chi connectivity index (χ4v) is 1.79. The lowest BCUT2D eigenvalue weighted by molar-refractivity contribution is 0.107. The van der Waals surface area contributed by atoms with Crippen LogP contribution in [0.25, 0.3) is 0 Å². The van der Waals surface area contributed by atoms with Crippen molar-refractivity contribution >= 4 is 0 Å². The van der Waals surface area contributed by atoms with Crippen LogP contribution in [0.2, 0.25) is 0 Å². The second-order valence-electron chi connectivity index (χ2n) is 5.20. The Bertz CT molecular complexity index is 382. The molecule has 0 spiro atoms. The van der Waals surface area contributed by atoms with Crippen LogP contribution < -0.4 is 5.32 Å². The Morgan fingerprint density at radius 1 is 1.32 bits per heavy atom. The summed E-state index contributed by atoms with van der Waals surface area (Å²) in [6.45, 7) is 8.42. The first kappa shape index (κ1) is 15.9. The smallest absolute Gasteiger partial charge is 0.131 e. The molecule has 0 saturated carbocycles. The quantitative estimate of drug-likeness (QED) is 0.712. The molecule has 0 amide bonds. The van der Waals surface area contributed by atoms with Gasteiger partial charge in [0.05, 0.1) is 0 Å². The molecule has 0 aromatic heterocycles. The first-order valence-electron chi connectivity index (χ1n) is 6.80. The first-order chi connectivity index (χ1) is 9.00. The maximum atomic E-state index is 13.6. The zero-order chi connectivity index (χ0) is 14.3. The molecule has 0 aliphatic carbocycles. The van der Waals surface area contributed by atoms with Gasteiger partial charge in [-0.2, -0.15) is 0 Å². The highest BCUT2D eigenvalue weighted by Gasteiger charge is 2.10. The van der Waals surface area contributed by atoms with Crippen LogP contribution in [0.15, 0.2) is 18.2 Å². The zero-order valence-electron chi connectivity index (χ0n) is 11.9. The first-order valence-corrected chi connectivity index (χ1v) is 6.80. The van der Waals surface area contributed by atoms with Crippen LogP contribution in [0, 0.1) is 11.7 Å². The summed E-state index contributed by atoms with van der Waals surface area (Å²) in [5.74, 6) is 0.129. The number of nitrogens with one attached hydrogen (secondary N) is 1. The number of hydrogen-bond donors (Lipinski definition) is 2. The van der Waals surface area contributed by atoms with Crippen molar-refractivity contribution in [2.75, 3.05) is 19.8 Å². The minimum atomic E-state index is -0.379. The van der Waals surface area contributed by atoms with Crippen molar-refractivity contribution < 1.29 is 14.2 Å². The molecule has 1 atom stereocenters. The second kappa shape index (κ2) is 8.12. The highest BCUT2D eigenvalue weighted by molar-refractivity contribution is 5.29. The molecular weight excluding hydrogens is 245 g/mol. The van der Waals surface area contributed by atoms with Crippen LogP contribution in [0.1, 0.15) is 38.8 Å². The number of aromatic hydroxyl groups is 1. The lowest BCUT2D eigenvalue weighted by Crippen LogP contribution is -2.22. The number of benzene rings is 1. The average Bonchev–Trinajstić information content (AvgIpc) is 2.32. The molecule has 4 heteroatoms. The Morgan fingerprint density at radius 3 is 2.68 bits per heavy atom. The van der Waals surface area contributed by atoms with E-state index in [0.717, 1.165) is 32.2 Å². The molecule has 0 fully saturated rings. The normalized spacial score (nSPS) is 12.9. The van der Waals surface area contributed by atoms with E-state index in [1.165, 1.54) is 6.07 Å². The van der Waals surface area contributed by atoms with E-state index in [4.69, 9.17) is 9.84 Å². The summed E-state index contributed by atoms with van der Waals surface area (Å²) in [7, 11) is 0. The van der Waals surface area contributed by atoms with Gasteiger partial charge in [-0.05, 0) is 31.9 Å². The standard InChI is InChI=1S/C15H24FNO2/c1-11(2)10-19-8-4-7-17-12(3)14-6-5-13(18)9-15(14)16/h5-6,9,11-12,17-18H,4,7-8,10H2,1-3H3. The molecule has 2 N–H and O–H groups in total. The van der Waals surface area contributed by atoms with E-state index in [2.05, 4.69) is 19.2 Å². The van der Waals surface area contributed by atoms with Crippen LogP contribution in [0.3, 0.4) is 0 Å². The molecule has 0 aliphatic heterocycles.